The number of hydrogen-bond acceptors (Lipinski definition) is 10. The van der Waals surface area contributed by atoms with E-state index in [1.54, 1.807) is 46.9 Å². The minimum Gasteiger partial charge on any atom is -0.491 e. The normalized spacial score (nSPS) is 13.6. The van der Waals surface area contributed by atoms with Crippen LogP contribution in [-0.4, -0.2) is 99.4 Å². The van der Waals surface area contributed by atoms with E-state index in [0.29, 0.717) is 19.0 Å². The lowest BCUT2D eigenvalue weighted by Gasteiger charge is -2.33. The van der Waals surface area contributed by atoms with Crippen molar-refractivity contribution in [2.45, 2.75) is 64.9 Å². The fourth-order valence-corrected chi connectivity index (χ4v) is 4.75. The number of nitrogens with zero attached hydrogens (tertiary/aromatic N) is 1. The summed E-state index contributed by atoms with van der Waals surface area (Å²) < 4.78 is 20.1. The molecule has 0 heterocycles. The summed E-state index contributed by atoms with van der Waals surface area (Å²) in [5.41, 5.74) is 4.48. The van der Waals surface area contributed by atoms with Crippen molar-refractivity contribution in [3.05, 3.63) is 65.7 Å². The molecule has 266 valence electrons. The van der Waals surface area contributed by atoms with Gasteiger partial charge in [0.1, 0.15) is 24.4 Å². The molecule has 0 aromatic heterocycles. The van der Waals surface area contributed by atoms with Crippen molar-refractivity contribution in [3.63, 3.8) is 0 Å². The van der Waals surface area contributed by atoms with E-state index >= 15 is 0 Å². The summed E-state index contributed by atoms with van der Waals surface area (Å²) in [5, 5.41) is 21.2. The minimum atomic E-state index is -1.21. The molecule has 0 fully saturated rings. The second-order valence-electron chi connectivity index (χ2n) is 11.9. The zero-order chi connectivity index (χ0) is 35.6. The Balaban J connectivity index is 2.38. The molecule has 2 aromatic carbocycles. The number of aliphatic hydroxyl groups is 1. The molecule has 0 aliphatic rings. The summed E-state index contributed by atoms with van der Waals surface area (Å²) in [7, 11) is 4.01. The molecule has 0 unspecified atom stereocenters. The van der Waals surface area contributed by atoms with Crippen LogP contribution < -0.4 is 26.1 Å². The van der Waals surface area contributed by atoms with Crippen LogP contribution >= 0.6 is 0 Å². The molecule has 0 spiro atoms. The Labute approximate surface area is 282 Å². The summed E-state index contributed by atoms with van der Waals surface area (Å²) in [6, 6.07) is 13.9. The first-order chi connectivity index (χ1) is 22.9. The largest absolute Gasteiger partial charge is 0.491 e. The van der Waals surface area contributed by atoms with Crippen molar-refractivity contribution in [3.8, 4) is 5.75 Å². The minimum absolute atomic E-state index is 0.116. The fourth-order valence-electron chi connectivity index (χ4n) is 4.75. The number of carbonyl (C=O) groups is 4. The summed E-state index contributed by atoms with van der Waals surface area (Å²) in [6.45, 7) is 7.98. The maximum atomic E-state index is 13.5. The van der Waals surface area contributed by atoms with Gasteiger partial charge in [0, 0.05) is 20.2 Å². The van der Waals surface area contributed by atoms with Crippen molar-refractivity contribution < 1.29 is 43.2 Å². The van der Waals surface area contributed by atoms with Crippen molar-refractivity contribution in [2.75, 3.05) is 41.1 Å². The maximum absolute atomic E-state index is 13.5. The Hall–Kier alpha value is -4.40. The average Bonchev–Trinajstić information content (AvgIpc) is 3.06. The molecule has 14 heteroatoms. The highest BCUT2D eigenvalue weighted by Crippen LogP contribution is 2.16. The van der Waals surface area contributed by atoms with Crippen molar-refractivity contribution >= 4 is 24.0 Å². The molecular weight excluding hydrogens is 622 g/mol. The molecule has 0 aliphatic carbocycles. The van der Waals surface area contributed by atoms with Gasteiger partial charge in [-0.1, -0.05) is 70.2 Å². The second kappa shape index (κ2) is 20.8. The van der Waals surface area contributed by atoms with Crippen LogP contribution in [0.4, 0.5) is 9.59 Å². The highest BCUT2D eigenvalue weighted by molar-refractivity contribution is 5.86. The molecule has 4 amide bonds. The highest BCUT2D eigenvalue weighted by Gasteiger charge is 2.32. The smallest absolute Gasteiger partial charge is 0.407 e. The van der Waals surface area contributed by atoms with E-state index in [0.717, 1.165) is 11.1 Å². The van der Waals surface area contributed by atoms with Gasteiger partial charge in [0.2, 0.25) is 5.91 Å². The number of nitrogens with one attached hydrogen (secondary N) is 4. The Kier molecular flexibility index (Phi) is 17.2. The molecule has 5 N–H and O–H groups in total. The van der Waals surface area contributed by atoms with Crippen LogP contribution in [0.3, 0.4) is 0 Å². The Morgan fingerprint density at radius 2 is 1.29 bits per heavy atom. The van der Waals surface area contributed by atoms with Crippen LogP contribution in [0.15, 0.2) is 54.6 Å². The monoisotopic (exact) mass is 673 g/mol. The Bertz CT molecular complexity index is 1280. The lowest BCUT2D eigenvalue weighted by molar-refractivity contribution is -0.131. The second-order valence-corrected chi connectivity index (χ2v) is 11.9. The van der Waals surface area contributed by atoms with Gasteiger partial charge in [-0.05, 0) is 41.5 Å². The van der Waals surface area contributed by atoms with E-state index < -0.39 is 48.2 Å². The SMILES string of the molecule is COCCOc1ccc(CN(C[C@H](O)[C@H](Cc2ccccc2)NC(=O)[C@@H](NC(=O)OC)C(C)C)NC(=O)[C@@H](NC(=O)OC)C(C)C)cc1. The lowest BCUT2D eigenvalue weighted by atomic mass is 9.98. The molecule has 0 saturated heterocycles. The lowest BCUT2D eigenvalue weighted by Crippen LogP contribution is -2.59. The molecule has 0 aliphatic heterocycles. The van der Waals surface area contributed by atoms with Crippen LogP contribution in [0, 0.1) is 11.8 Å². The predicted molar refractivity (Wildman–Crippen MR) is 179 cm³/mol. The first-order valence-corrected chi connectivity index (χ1v) is 15.9. The average molecular weight is 674 g/mol. The van der Waals surface area contributed by atoms with E-state index in [1.165, 1.54) is 19.2 Å². The third-order valence-corrected chi connectivity index (χ3v) is 7.44. The van der Waals surface area contributed by atoms with Gasteiger partial charge in [-0.25, -0.2) is 14.6 Å². The number of amides is 4. The van der Waals surface area contributed by atoms with Crippen LogP contribution in [0.1, 0.15) is 38.8 Å². The number of ether oxygens (including phenoxy) is 4. The third kappa shape index (κ3) is 13.8. The zero-order valence-corrected chi connectivity index (χ0v) is 28.9. The Morgan fingerprint density at radius 3 is 1.81 bits per heavy atom. The van der Waals surface area contributed by atoms with E-state index in [-0.39, 0.29) is 31.3 Å². The highest BCUT2D eigenvalue weighted by atomic mass is 16.5. The van der Waals surface area contributed by atoms with E-state index in [4.69, 9.17) is 18.9 Å². The van der Waals surface area contributed by atoms with Crippen LogP contribution in [0.5, 0.6) is 5.75 Å². The van der Waals surface area contributed by atoms with Gasteiger partial charge in [-0.2, -0.15) is 0 Å². The number of aliphatic hydroxyl groups excluding tert-OH is 1. The summed E-state index contributed by atoms with van der Waals surface area (Å²) in [5.74, 6) is -0.962. The van der Waals surface area contributed by atoms with Crippen LogP contribution in [-0.2, 0) is 36.8 Å². The maximum Gasteiger partial charge on any atom is 0.407 e. The van der Waals surface area contributed by atoms with Gasteiger partial charge < -0.3 is 40.0 Å². The number of methoxy groups -OCH3 is 3. The topological polar surface area (TPSA) is 177 Å². The first kappa shape index (κ1) is 39.8. The number of hydrazine groups is 1. The molecule has 4 atom stereocenters. The Morgan fingerprint density at radius 1 is 0.729 bits per heavy atom. The molecule has 0 bridgehead atoms. The number of alkyl carbamates (subject to hydrolysis) is 2. The van der Waals surface area contributed by atoms with E-state index in [1.807, 2.05) is 42.5 Å². The van der Waals surface area contributed by atoms with Crippen molar-refractivity contribution in [2.24, 2.45) is 11.8 Å². The van der Waals surface area contributed by atoms with Crippen LogP contribution in [0.25, 0.3) is 0 Å². The standard InChI is InChI=1S/C34H51N5O9/c1-22(2)29(36-33(43)46-6)31(41)35-27(19-24-11-9-8-10-12-24)28(40)21-39(38-32(42)30(23(3)4)37-34(44)47-7)20-25-13-15-26(16-14-25)48-18-17-45-5/h8-16,22-23,27-30,40H,17-21H2,1-7H3,(H,35,41)(H,36,43)(H,37,44)(H,38,42)/t27-,28-,29-,30-/m0/s1. The van der Waals surface area contributed by atoms with Gasteiger partial charge in [0.05, 0.1) is 33.0 Å². The van der Waals surface area contributed by atoms with E-state index in [2.05, 4.69) is 21.4 Å². The molecule has 0 saturated carbocycles. The quantitative estimate of drug-likeness (QED) is 0.110. The molecule has 48 heavy (non-hydrogen) atoms. The van der Waals surface area contributed by atoms with Crippen molar-refractivity contribution in [1.29, 1.82) is 0 Å². The molecule has 0 radical (unpaired) electrons. The summed E-state index contributed by atoms with van der Waals surface area (Å²) in [6.07, 6.45) is -2.47. The predicted octanol–water partition coefficient (Wildman–Crippen LogP) is 2.39. The van der Waals surface area contributed by atoms with Gasteiger partial charge in [-0.15, -0.1) is 0 Å². The van der Waals surface area contributed by atoms with Gasteiger partial charge in [0.15, 0.2) is 0 Å². The van der Waals surface area contributed by atoms with Gasteiger partial charge in [0.25, 0.3) is 5.91 Å². The van der Waals surface area contributed by atoms with Crippen molar-refractivity contribution in [1.82, 2.24) is 26.4 Å². The number of rotatable bonds is 19. The number of hydrogen-bond donors (Lipinski definition) is 5. The zero-order valence-electron chi connectivity index (χ0n) is 28.9. The first-order valence-electron chi connectivity index (χ1n) is 15.9. The molecule has 2 rings (SSSR count). The number of benzene rings is 2. The van der Waals surface area contributed by atoms with Gasteiger partial charge in [-0.3, -0.25) is 15.0 Å². The number of carbonyl (C=O) groups excluding carboxylic acids is 4. The molecule has 2 aromatic rings. The van der Waals surface area contributed by atoms with E-state index in [9.17, 15) is 24.3 Å². The molecular formula is C34H51N5O9. The van der Waals surface area contributed by atoms with Crippen LogP contribution in [0.2, 0.25) is 0 Å². The van der Waals surface area contributed by atoms with Gasteiger partial charge >= 0.3 is 12.2 Å². The molecule has 14 nitrogen and oxygen atoms in total. The summed E-state index contributed by atoms with van der Waals surface area (Å²) in [4.78, 5) is 51.0. The third-order valence-electron chi connectivity index (χ3n) is 7.44. The fraction of sp³-hybridized carbons (Fsp3) is 0.529. The summed E-state index contributed by atoms with van der Waals surface area (Å²) >= 11 is 0.